The summed E-state index contributed by atoms with van der Waals surface area (Å²) in [5, 5.41) is 0.920. The van der Waals surface area contributed by atoms with Gasteiger partial charge in [-0.1, -0.05) is 27.7 Å². The average molecular weight is 260 g/mol. The zero-order valence-corrected chi connectivity index (χ0v) is 12.2. The Kier molecular flexibility index (Phi) is 3.40. The van der Waals surface area contributed by atoms with Crippen molar-refractivity contribution in [2.45, 2.75) is 34.1 Å². The summed E-state index contributed by atoms with van der Waals surface area (Å²) in [6.45, 7) is 7.74. The minimum Gasteiger partial charge on any atom is -0.493 e. The molecule has 0 atom stereocenters. The second-order valence-electron chi connectivity index (χ2n) is 5.76. The summed E-state index contributed by atoms with van der Waals surface area (Å²) in [4.78, 5) is 12.3. The van der Waals surface area contributed by atoms with Crippen LogP contribution in [0.1, 0.15) is 43.8 Å². The number of carbonyl (C=O) groups is 1. The van der Waals surface area contributed by atoms with Gasteiger partial charge in [-0.15, -0.1) is 0 Å². The minimum absolute atomic E-state index is 0.00352. The molecule has 3 heteroatoms. The van der Waals surface area contributed by atoms with Gasteiger partial charge in [-0.05, 0) is 30.2 Å². The molecule has 0 aliphatic heterocycles. The number of benzene rings is 1. The van der Waals surface area contributed by atoms with Gasteiger partial charge in [0.1, 0.15) is 0 Å². The molecule has 0 amide bonds. The average Bonchev–Trinajstić information content (AvgIpc) is 2.78. The second-order valence-corrected chi connectivity index (χ2v) is 5.76. The largest absolute Gasteiger partial charge is 0.493 e. The highest BCUT2D eigenvalue weighted by Crippen LogP contribution is 2.33. The van der Waals surface area contributed by atoms with Gasteiger partial charge in [0.15, 0.2) is 17.1 Å². The third-order valence-electron chi connectivity index (χ3n) is 3.18. The van der Waals surface area contributed by atoms with Crippen LogP contribution in [0.5, 0.6) is 5.75 Å². The fourth-order valence-corrected chi connectivity index (χ4v) is 2.02. The number of aryl methyl sites for hydroxylation is 1. The molecule has 3 nitrogen and oxygen atoms in total. The summed E-state index contributed by atoms with van der Waals surface area (Å²) in [6.07, 6.45) is 0.917. The third-order valence-corrected chi connectivity index (χ3v) is 3.18. The van der Waals surface area contributed by atoms with E-state index in [1.54, 1.807) is 7.11 Å². The summed E-state index contributed by atoms with van der Waals surface area (Å²) in [5.41, 5.74) is 1.36. The van der Waals surface area contributed by atoms with Gasteiger partial charge >= 0.3 is 0 Å². The number of rotatable bonds is 3. The van der Waals surface area contributed by atoms with Crippen LogP contribution in [0.2, 0.25) is 0 Å². The van der Waals surface area contributed by atoms with Gasteiger partial charge in [0.05, 0.1) is 7.11 Å². The Morgan fingerprint density at radius 1 is 1.26 bits per heavy atom. The molecule has 0 radical (unpaired) electrons. The number of ketones is 1. The Balaban J connectivity index is 2.60. The van der Waals surface area contributed by atoms with E-state index in [-0.39, 0.29) is 5.78 Å². The Bertz CT molecular complexity index is 615. The maximum Gasteiger partial charge on any atom is 0.203 e. The number of hydrogen-bond donors (Lipinski definition) is 0. The normalized spacial score (nSPS) is 11.8. The van der Waals surface area contributed by atoms with Crippen LogP contribution < -0.4 is 4.74 Å². The van der Waals surface area contributed by atoms with E-state index in [1.807, 2.05) is 39.0 Å². The first-order valence-corrected chi connectivity index (χ1v) is 6.52. The molecule has 0 saturated heterocycles. The Morgan fingerprint density at radius 2 is 1.95 bits per heavy atom. The van der Waals surface area contributed by atoms with Gasteiger partial charge in [-0.3, -0.25) is 4.79 Å². The first-order valence-electron chi connectivity index (χ1n) is 6.52. The lowest BCUT2D eigenvalue weighted by molar-refractivity contribution is 0.0830. The number of furan rings is 1. The molecule has 0 saturated carbocycles. The molecule has 0 bridgehead atoms. The molecule has 0 fully saturated rings. The molecule has 1 heterocycles. The van der Waals surface area contributed by atoms with E-state index in [4.69, 9.17) is 9.15 Å². The van der Waals surface area contributed by atoms with Gasteiger partial charge < -0.3 is 9.15 Å². The summed E-state index contributed by atoms with van der Waals surface area (Å²) in [7, 11) is 1.61. The third kappa shape index (κ3) is 2.50. The van der Waals surface area contributed by atoms with Crippen molar-refractivity contribution in [1.29, 1.82) is 0 Å². The fraction of sp³-hybridized carbons (Fsp3) is 0.438. The molecule has 0 N–H and O–H groups in total. The molecule has 0 aliphatic carbocycles. The summed E-state index contributed by atoms with van der Waals surface area (Å²) in [5.74, 6) is 1.08. The second kappa shape index (κ2) is 4.72. The van der Waals surface area contributed by atoms with Crippen LogP contribution in [0.15, 0.2) is 22.6 Å². The summed E-state index contributed by atoms with van der Waals surface area (Å²) >= 11 is 0. The summed E-state index contributed by atoms with van der Waals surface area (Å²) < 4.78 is 11.0. The summed E-state index contributed by atoms with van der Waals surface area (Å²) in [6, 6.07) is 5.81. The number of ether oxygens (including phenoxy) is 1. The van der Waals surface area contributed by atoms with E-state index in [1.165, 1.54) is 5.56 Å². The van der Waals surface area contributed by atoms with Gasteiger partial charge in [0, 0.05) is 10.8 Å². The quantitative estimate of drug-likeness (QED) is 0.775. The SMILES string of the molecule is CCc1cc(OC)c2oc(C(=O)C(C)(C)C)cc2c1. The molecule has 0 spiro atoms. The van der Waals surface area contributed by atoms with E-state index in [0.29, 0.717) is 17.1 Å². The van der Waals surface area contributed by atoms with Crippen molar-refractivity contribution in [3.63, 3.8) is 0 Å². The zero-order chi connectivity index (χ0) is 14.2. The molecule has 0 aliphatic rings. The maximum absolute atomic E-state index is 12.3. The van der Waals surface area contributed by atoms with E-state index in [9.17, 15) is 4.79 Å². The van der Waals surface area contributed by atoms with Crippen molar-refractivity contribution in [3.05, 3.63) is 29.5 Å². The number of fused-ring (bicyclic) bond motifs is 1. The van der Waals surface area contributed by atoms with Gasteiger partial charge in [-0.2, -0.15) is 0 Å². The smallest absolute Gasteiger partial charge is 0.203 e. The minimum atomic E-state index is -0.450. The molecule has 1 aromatic heterocycles. The number of Topliss-reactive ketones (excluding diaryl/α,β-unsaturated/α-hetero) is 1. The van der Waals surface area contributed by atoms with Crippen LogP contribution in [0.25, 0.3) is 11.0 Å². The van der Waals surface area contributed by atoms with Crippen LogP contribution in [0.4, 0.5) is 0 Å². The highest BCUT2D eigenvalue weighted by molar-refractivity contribution is 6.01. The standard InChI is InChI=1S/C16H20O3/c1-6-10-7-11-9-13(15(17)16(2,3)4)19-14(11)12(8-10)18-5/h7-9H,6H2,1-5H3. The fourth-order valence-electron chi connectivity index (χ4n) is 2.02. The number of hydrogen-bond acceptors (Lipinski definition) is 3. The molecule has 1 aromatic carbocycles. The van der Waals surface area contributed by atoms with E-state index in [2.05, 4.69) is 6.92 Å². The maximum atomic E-state index is 12.3. The molecule has 2 aromatic rings. The topological polar surface area (TPSA) is 39.4 Å². The first-order chi connectivity index (χ1) is 8.86. The van der Waals surface area contributed by atoms with Crippen molar-refractivity contribution < 1.29 is 13.9 Å². The number of methoxy groups -OCH3 is 1. The molecule has 2 rings (SSSR count). The molecule has 0 unspecified atom stereocenters. The van der Waals surface area contributed by atoms with Crippen molar-refractivity contribution in [3.8, 4) is 5.75 Å². The highest BCUT2D eigenvalue weighted by Gasteiger charge is 2.26. The van der Waals surface area contributed by atoms with E-state index < -0.39 is 5.41 Å². The van der Waals surface area contributed by atoms with E-state index in [0.717, 1.165) is 11.8 Å². The first kappa shape index (κ1) is 13.7. The van der Waals surface area contributed by atoms with Crippen molar-refractivity contribution in [2.75, 3.05) is 7.11 Å². The predicted octanol–water partition coefficient (Wildman–Crippen LogP) is 4.23. The van der Waals surface area contributed by atoms with Crippen LogP contribution in [-0.4, -0.2) is 12.9 Å². The van der Waals surface area contributed by atoms with Gasteiger partial charge in [0.25, 0.3) is 0 Å². The highest BCUT2D eigenvalue weighted by atomic mass is 16.5. The molecular formula is C16H20O3. The van der Waals surface area contributed by atoms with Crippen LogP contribution in [0, 0.1) is 5.41 Å². The Morgan fingerprint density at radius 3 is 2.47 bits per heavy atom. The Hall–Kier alpha value is -1.77. The molecule has 102 valence electrons. The monoisotopic (exact) mass is 260 g/mol. The van der Waals surface area contributed by atoms with Crippen LogP contribution >= 0.6 is 0 Å². The number of carbonyl (C=O) groups excluding carboxylic acids is 1. The lowest BCUT2D eigenvalue weighted by Gasteiger charge is -2.13. The lowest BCUT2D eigenvalue weighted by Crippen LogP contribution is -2.19. The van der Waals surface area contributed by atoms with Gasteiger partial charge in [0.2, 0.25) is 5.78 Å². The zero-order valence-electron chi connectivity index (χ0n) is 12.2. The van der Waals surface area contributed by atoms with Gasteiger partial charge in [-0.25, -0.2) is 0 Å². The van der Waals surface area contributed by atoms with Crippen molar-refractivity contribution >= 4 is 16.8 Å². The van der Waals surface area contributed by atoms with Crippen LogP contribution in [0.3, 0.4) is 0 Å². The van der Waals surface area contributed by atoms with E-state index >= 15 is 0 Å². The van der Waals surface area contributed by atoms with Crippen molar-refractivity contribution in [1.82, 2.24) is 0 Å². The molecule has 19 heavy (non-hydrogen) atoms. The van der Waals surface area contributed by atoms with Crippen molar-refractivity contribution in [2.24, 2.45) is 5.41 Å². The predicted molar refractivity (Wildman–Crippen MR) is 75.9 cm³/mol. The van der Waals surface area contributed by atoms with Crippen LogP contribution in [-0.2, 0) is 6.42 Å². The molecular weight excluding hydrogens is 240 g/mol. The lowest BCUT2D eigenvalue weighted by atomic mass is 9.89. The Labute approximate surface area is 113 Å².